The van der Waals surface area contributed by atoms with Crippen LogP contribution in [0.4, 0.5) is 4.39 Å². The van der Waals surface area contributed by atoms with Gasteiger partial charge in [0.1, 0.15) is 5.82 Å². The molecule has 0 N–H and O–H groups in total. The van der Waals surface area contributed by atoms with E-state index in [-0.39, 0.29) is 16.9 Å². The van der Waals surface area contributed by atoms with Crippen LogP contribution in [-0.4, -0.2) is 11.1 Å². The molecular formula is C10H10BrFO. The molecule has 1 aromatic carbocycles. The Morgan fingerprint density at radius 3 is 2.54 bits per heavy atom. The van der Waals surface area contributed by atoms with Crippen molar-refractivity contribution in [2.75, 3.05) is 5.33 Å². The Bertz CT molecular complexity index is 347. The number of Topliss-reactive ketones (excluding diaryl/α,β-unsaturated/α-hetero) is 1. The van der Waals surface area contributed by atoms with Crippen LogP contribution in [0.15, 0.2) is 12.1 Å². The van der Waals surface area contributed by atoms with Crippen molar-refractivity contribution in [2.24, 2.45) is 0 Å². The molecule has 70 valence electrons. The van der Waals surface area contributed by atoms with Gasteiger partial charge in [-0.2, -0.15) is 0 Å². The first kappa shape index (κ1) is 10.4. The lowest BCUT2D eigenvalue weighted by molar-refractivity contribution is 0.102. The first-order valence-corrected chi connectivity index (χ1v) is 5.05. The van der Waals surface area contributed by atoms with E-state index in [2.05, 4.69) is 15.9 Å². The molecule has 0 fully saturated rings. The third-order valence-electron chi connectivity index (χ3n) is 2.14. The molecule has 0 aromatic heterocycles. The lowest BCUT2D eigenvalue weighted by atomic mass is 10.0. The van der Waals surface area contributed by atoms with E-state index in [0.29, 0.717) is 11.1 Å². The SMILES string of the molecule is Cc1c(F)ccc(C(=O)CBr)c1C. The van der Waals surface area contributed by atoms with Crippen molar-refractivity contribution in [3.05, 3.63) is 34.6 Å². The van der Waals surface area contributed by atoms with Crippen LogP contribution in [0.1, 0.15) is 21.5 Å². The number of halogens is 2. The van der Waals surface area contributed by atoms with Gasteiger partial charge in [0.2, 0.25) is 0 Å². The van der Waals surface area contributed by atoms with E-state index in [1.807, 2.05) is 0 Å². The second-order valence-corrected chi connectivity index (χ2v) is 3.46. The van der Waals surface area contributed by atoms with Gasteiger partial charge < -0.3 is 0 Å². The van der Waals surface area contributed by atoms with E-state index >= 15 is 0 Å². The molecule has 0 heterocycles. The predicted octanol–water partition coefficient (Wildman–Crippen LogP) is 3.02. The van der Waals surface area contributed by atoms with Crippen molar-refractivity contribution in [1.29, 1.82) is 0 Å². The highest BCUT2D eigenvalue weighted by Gasteiger charge is 2.11. The Labute approximate surface area is 85.1 Å². The molecule has 0 spiro atoms. The molecule has 0 bridgehead atoms. The van der Waals surface area contributed by atoms with E-state index in [1.165, 1.54) is 12.1 Å². The minimum absolute atomic E-state index is 0.0133. The zero-order chi connectivity index (χ0) is 10.0. The molecule has 0 saturated carbocycles. The van der Waals surface area contributed by atoms with Gasteiger partial charge in [0.25, 0.3) is 0 Å². The summed E-state index contributed by atoms with van der Waals surface area (Å²) in [5.41, 5.74) is 1.87. The van der Waals surface area contributed by atoms with E-state index in [4.69, 9.17) is 0 Å². The molecule has 0 unspecified atom stereocenters. The maximum atomic E-state index is 13.0. The highest BCUT2D eigenvalue weighted by Crippen LogP contribution is 2.17. The Hall–Kier alpha value is -0.700. The molecule has 13 heavy (non-hydrogen) atoms. The summed E-state index contributed by atoms with van der Waals surface area (Å²) < 4.78 is 13.0. The quantitative estimate of drug-likeness (QED) is 0.578. The number of hydrogen-bond acceptors (Lipinski definition) is 1. The molecule has 1 aromatic rings. The van der Waals surface area contributed by atoms with Crippen molar-refractivity contribution in [2.45, 2.75) is 13.8 Å². The average molecular weight is 245 g/mol. The van der Waals surface area contributed by atoms with Crippen LogP contribution in [0.2, 0.25) is 0 Å². The second kappa shape index (κ2) is 4.01. The summed E-state index contributed by atoms with van der Waals surface area (Å²) in [6, 6.07) is 2.86. The van der Waals surface area contributed by atoms with E-state index in [1.54, 1.807) is 13.8 Å². The van der Waals surface area contributed by atoms with Crippen molar-refractivity contribution >= 4 is 21.7 Å². The van der Waals surface area contributed by atoms with Gasteiger partial charge in [-0.1, -0.05) is 15.9 Å². The third-order valence-corrected chi connectivity index (χ3v) is 2.65. The van der Waals surface area contributed by atoms with Gasteiger partial charge in [-0.05, 0) is 37.1 Å². The van der Waals surface area contributed by atoms with Crippen LogP contribution < -0.4 is 0 Å². The molecular weight excluding hydrogens is 235 g/mol. The highest BCUT2D eigenvalue weighted by atomic mass is 79.9. The zero-order valence-electron chi connectivity index (χ0n) is 7.53. The van der Waals surface area contributed by atoms with Crippen molar-refractivity contribution in [1.82, 2.24) is 0 Å². The lowest BCUT2D eigenvalue weighted by Crippen LogP contribution is -2.04. The van der Waals surface area contributed by atoms with Crippen LogP contribution in [0, 0.1) is 19.7 Å². The monoisotopic (exact) mass is 244 g/mol. The van der Waals surface area contributed by atoms with Crippen molar-refractivity contribution in [3.8, 4) is 0 Å². The Morgan fingerprint density at radius 2 is 2.00 bits per heavy atom. The van der Waals surface area contributed by atoms with E-state index in [9.17, 15) is 9.18 Å². The number of carbonyl (C=O) groups is 1. The molecule has 3 heteroatoms. The van der Waals surface area contributed by atoms with Crippen molar-refractivity contribution in [3.63, 3.8) is 0 Å². The number of benzene rings is 1. The summed E-state index contributed by atoms with van der Waals surface area (Å²) in [4.78, 5) is 11.3. The van der Waals surface area contributed by atoms with Crippen molar-refractivity contribution < 1.29 is 9.18 Å². The van der Waals surface area contributed by atoms with Gasteiger partial charge in [-0.15, -0.1) is 0 Å². The van der Waals surface area contributed by atoms with Crippen LogP contribution in [0.5, 0.6) is 0 Å². The summed E-state index contributed by atoms with van der Waals surface area (Å²) in [7, 11) is 0. The molecule has 1 rings (SSSR count). The minimum Gasteiger partial charge on any atom is -0.293 e. The van der Waals surface area contributed by atoms with Gasteiger partial charge in [-0.3, -0.25) is 4.79 Å². The van der Waals surface area contributed by atoms with Gasteiger partial charge in [-0.25, -0.2) is 4.39 Å². The molecule has 0 radical (unpaired) electrons. The standard InChI is InChI=1S/C10H10BrFO/c1-6-7(2)9(12)4-3-8(6)10(13)5-11/h3-4H,5H2,1-2H3. The number of hydrogen-bond donors (Lipinski definition) is 0. The second-order valence-electron chi connectivity index (χ2n) is 2.90. The maximum Gasteiger partial charge on any atom is 0.173 e. The smallest absolute Gasteiger partial charge is 0.173 e. The first-order chi connectivity index (χ1) is 6.07. The zero-order valence-corrected chi connectivity index (χ0v) is 9.11. The summed E-state index contributed by atoms with van der Waals surface area (Å²) in [5, 5.41) is 0.277. The van der Waals surface area contributed by atoms with Crippen LogP contribution >= 0.6 is 15.9 Å². The molecule has 1 nitrogen and oxygen atoms in total. The first-order valence-electron chi connectivity index (χ1n) is 3.92. The normalized spacial score (nSPS) is 10.2. The number of alkyl halides is 1. The van der Waals surface area contributed by atoms with Gasteiger partial charge in [0.05, 0.1) is 5.33 Å². The topological polar surface area (TPSA) is 17.1 Å². The predicted molar refractivity (Wildman–Crippen MR) is 54.0 cm³/mol. The number of rotatable bonds is 2. The molecule has 0 atom stereocenters. The van der Waals surface area contributed by atoms with Crippen LogP contribution in [0.3, 0.4) is 0 Å². The maximum absolute atomic E-state index is 13.0. The number of carbonyl (C=O) groups excluding carboxylic acids is 1. The molecule has 0 saturated heterocycles. The van der Waals surface area contributed by atoms with Gasteiger partial charge in [0, 0.05) is 5.56 Å². The summed E-state index contributed by atoms with van der Waals surface area (Å²) in [6.45, 7) is 3.43. The molecule has 0 amide bonds. The number of ketones is 1. The van der Waals surface area contributed by atoms with Crippen LogP contribution in [-0.2, 0) is 0 Å². The Morgan fingerprint density at radius 1 is 1.38 bits per heavy atom. The van der Waals surface area contributed by atoms with Gasteiger partial charge in [0.15, 0.2) is 5.78 Å². The van der Waals surface area contributed by atoms with E-state index < -0.39 is 0 Å². The van der Waals surface area contributed by atoms with Crippen LogP contribution in [0.25, 0.3) is 0 Å². The highest BCUT2D eigenvalue weighted by molar-refractivity contribution is 9.09. The lowest BCUT2D eigenvalue weighted by Gasteiger charge is -2.06. The fraction of sp³-hybridized carbons (Fsp3) is 0.300. The van der Waals surface area contributed by atoms with E-state index in [0.717, 1.165) is 5.56 Å². The Balaban J connectivity index is 3.26. The largest absolute Gasteiger partial charge is 0.293 e. The van der Waals surface area contributed by atoms with Gasteiger partial charge >= 0.3 is 0 Å². The minimum atomic E-state index is -0.261. The average Bonchev–Trinajstić information content (AvgIpc) is 2.13. The molecule has 0 aliphatic heterocycles. The summed E-state index contributed by atoms with van der Waals surface area (Å²) >= 11 is 3.09. The molecule has 0 aliphatic rings. The summed E-state index contributed by atoms with van der Waals surface area (Å²) in [5.74, 6) is -0.274. The Kier molecular flexibility index (Phi) is 3.20. The fourth-order valence-corrected chi connectivity index (χ4v) is 1.46. The third kappa shape index (κ3) is 1.97. The summed E-state index contributed by atoms with van der Waals surface area (Å²) in [6.07, 6.45) is 0. The fourth-order valence-electron chi connectivity index (χ4n) is 1.16. The molecule has 0 aliphatic carbocycles.